The predicted octanol–water partition coefficient (Wildman–Crippen LogP) is 9.22. The van der Waals surface area contributed by atoms with Crippen LogP contribution >= 0.6 is 11.6 Å². The van der Waals surface area contributed by atoms with Gasteiger partial charge in [-0.2, -0.15) is 0 Å². The van der Waals surface area contributed by atoms with E-state index < -0.39 is 41.7 Å². The van der Waals surface area contributed by atoms with Crippen molar-refractivity contribution in [3.8, 4) is 5.75 Å². The number of fused-ring (bicyclic) bond motifs is 2. The molecule has 1 aliphatic carbocycles. The maximum atomic E-state index is 14.3. The predicted molar refractivity (Wildman–Crippen MR) is 248 cm³/mol. The number of aliphatic hydroxyl groups excluding tert-OH is 1. The molecule has 1 saturated carbocycles. The van der Waals surface area contributed by atoms with Crippen LogP contribution in [0.15, 0.2) is 110 Å². The first kappa shape index (κ1) is 45.6. The van der Waals surface area contributed by atoms with Crippen LogP contribution < -0.4 is 24.7 Å². The first-order valence-electron chi connectivity index (χ1n) is 21.6. The molecule has 1 amide bonds. The fraction of sp³-hybridized carbons (Fsp3) is 0.449. The second-order valence-electron chi connectivity index (χ2n) is 17.7. The summed E-state index contributed by atoms with van der Waals surface area (Å²) >= 11 is 6.39. The van der Waals surface area contributed by atoms with Crippen LogP contribution in [0.3, 0.4) is 0 Å². The number of carbonyl (C=O) groups excluding carboxylic acids is 1. The Kier molecular flexibility index (Phi) is 15.1. The van der Waals surface area contributed by atoms with Crippen molar-refractivity contribution in [2.45, 2.75) is 115 Å². The number of anilines is 1. The minimum absolute atomic E-state index is 0.103. The van der Waals surface area contributed by atoms with Gasteiger partial charge < -0.3 is 19.2 Å². The summed E-state index contributed by atoms with van der Waals surface area (Å²) in [6.45, 7) is 16.0. The molecule has 2 aliphatic rings. The summed E-state index contributed by atoms with van der Waals surface area (Å²) < 4.78 is 44.9. The van der Waals surface area contributed by atoms with Crippen molar-refractivity contribution in [2.24, 2.45) is 11.8 Å². The molecule has 0 radical (unpaired) electrons. The lowest BCUT2D eigenvalue weighted by Gasteiger charge is -2.45. The summed E-state index contributed by atoms with van der Waals surface area (Å²) in [5.41, 5.74) is 3.17. The van der Waals surface area contributed by atoms with Crippen LogP contribution in [0.1, 0.15) is 101 Å². The summed E-state index contributed by atoms with van der Waals surface area (Å²) in [7, 11) is -7.09. The molecule has 322 valence electrons. The van der Waals surface area contributed by atoms with Gasteiger partial charge in [-0.1, -0.05) is 119 Å². The number of hydrogen-bond acceptors (Lipinski definition) is 7. The van der Waals surface area contributed by atoms with Gasteiger partial charge in [0.15, 0.2) is 0 Å². The van der Waals surface area contributed by atoms with Crippen LogP contribution in [-0.4, -0.2) is 58.3 Å². The second-order valence-corrected chi connectivity index (χ2v) is 24.4. The number of nitrogens with zero attached hydrogens (tertiary/aromatic N) is 1. The van der Waals surface area contributed by atoms with Gasteiger partial charge in [0.1, 0.15) is 12.4 Å². The first-order chi connectivity index (χ1) is 28.7. The Bertz CT molecular complexity index is 2140. The summed E-state index contributed by atoms with van der Waals surface area (Å²) in [6, 6.07) is 31.7. The van der Waals surface area contributed by atoms with E-state index in [9.17, 15) is 18.3 Å². The standard InChI is InChI=1S/C49H63ClN2O6SSi/c1-7-17-41(30-35(3)58-60(49(4,5)6,42-19-11-9-12-20-42)43-21-13-10-14-22-43)59(55,56)51-48(54)37-25-28-47-45(32-37)52(33-38-24-27-44(38)46(53)8-2)29-16-15-18-36-31-40(50)26-23-39(36)34-57-47/h8-14,19-23,25-26,28,31-32,35,38,41,44,46,53H,2,7,15-18,24,27,29-30,33-34H2,1,3-6H3,(H,51,54)/t35-,38+,41+,44-,46?/m1/s1. The minimum Gasteiger partial charge on any atom is -0.487 e. The number of aliphatic hydroxyl groups is 1. The minimum atomic E-state index is -4.14. The lowest BCUT2D eigenvalue weighted by atomic mass is 9.70. The second kappa shape index (κ2) is 19.8. The first-order valence-corrected chi connectivity index (χ1v) is 25.4. The molecule has 4 aromatic carbocycles. The normalized spacial score (nSPS) is 18.9. The number of amides is 1. The Morgan fingerprint density at radius 3 is 2.28 bits per heavy atom. The summed E-state index contributed by atoms with van der Waals surface area (Å²) in [4.78, 5) is 16.4. The average Bonchev–Trinajstić information content (AvgIpc) is 3.24. The molecule has 4 aromatic rings. The largest absolute Gasteiger partial charge is 0.487 e. The van der Waals surface area contributed by atoms with Gasteiger partial charge in [-0.25, -0.2) is 13.1 Å². The maximum absolute atomic E-state index is 14.3. The third-order valence-electron chi connectivity index (χ3n) is 12.5. The third-order valence-corrected chi connectivity index (χ3v) is 19.7. The summed E-state index contributed by atoms with van der Waals surface area (Å²) in [6.07, 6.45) is 6.36. The molecular weight excluding hydrogens is 808 g/mol. The summed E-state index contributed by atoms with van der Waals surface area (Å²) in [5, 5.41) is 12.5. The topological polar surface area (TPSA) is 105 Å². The SMILES string of the molecule is C=CC(O)[C@@H]1CC[C@H]1CN1CCCCc2cc(Cl)ccc2COc2ccc(C(=O)NS(=O)(=O)[C@@H](CCC)C[C@@H](C)O[Si](c3ccccc3)(c3ccccc3)C(C)(C)C)cc21. The highest BCUT2D eigenvalue weighted by Gasteiger charge is 2.51. The number of ether oxygens (including phenoxy) is 1. The molecule has 60 heavy (non-hydrogen) atoms. The maximum Gasteiger partial charge on any atom is 0.264 e. The van der Waals surface area contributed by atoms with Gasteiger partial charge in [0, 0.05) is 29.8 Å². The molecule has 6 rings (SSSR count). The monoisotopic (exact) mass is 870 g/mol. The van der Waals surface area contributed by atoms with Gasteiger partial charge in [-0.15, -0.1) is 6.58 Å². The molecule has 8 nitrogen and oxygen atoms in total. The Balaban J connectivity index is 1.27. The molecular formula is C49H63ClN2O6SSi. The number of nitrogens with one attached hydrogen (secondary N) is 1. The number of benzene rings is 4. The highest BCUT2D eigenvalue weighted by molar-refractivity contribution is 7.90. The highest BCUT2D eigenvalue weighted by atomic mass is 35.5. The average molecular weight is 872 g/mol. The van der Waals surface area contributed by atoms with Crippen molar-refractivity contribution in [3.05, 3.63) is 131 Å². The van der Waals surface area contributed by atoms with E-state index in [1.54, 1.807) is 24.3 Å². The van der Waals surface area contributed by atoms with E-state index in [1.165, 1.54) is 0 Å². The lowest BCUT2D eigenvalue weighted by molar-refractivity contribution is 0.0465. The van der Waals surface area contributed by atoms with Gasteiger partial charge in [0.25, 0.3) is 14.2 Å². The zero-order chi connectivity index (χ0) is 43.1. The number of sulfonamides is 1. The number of carbonyl (C=O) groups is 1. The fourth-order valence-electron chi connectivity index (χ4n) is 9.21. The molecule has 0 saturated heterocycles. The van der Waals surface area contributed by atoms with E-state index in [-0.39, 0.29) is 28.9 Å². The summed E-state index contributed by atoms with van der Waals surface area (Å²) in [5.74, 6) is 0.257. The zero-order valence-corrected chi connectivity index (χ0v) is 38.5. The van der Waals surface area contributed by atoms with E-state index in [1.807, 2.05) is 68.4 Å². The number of rotatable bonds is 15. The molecule has 1 fully saturated rings. The Morgan fingerprint density at radius 1 is 1.00 bits per heavy atom. The Morgan fingerprint density at radius 2 is 1.68 bits per heavy atom. The third kappa shape index (κ3) is 10.4. The van der Waals surface area contributed by atoms with Gasteiger partial charge in [0.05, 0.1) is 17.0 Å². The lowest BCUT2D eigenvalue weighted by Crippen LogP contribution is -2.67. The van der Waals surface area contributed by atoms with Crippen LogP contribution in [-0.2, 0) is 27.5 Å². The van der Waals surface area contributed by atoms with Crippen LogP contribution in [0.5, 0.6) is 5.75 Å². The van der Waals surface area contributed by atoms with Crippen LogP contribution in [0.25, 0.3) is 0 Å². The number of hydrogen-bond donors (Lipinski definition) is 2. The van der Waals surface area contributed by atoms with E-state index in [2.05, 4.69) is 61.2 Å². The Hall–Kier alpha value is -3.93. The molecule has 11 heteroatoms. The van der Waals surface area contributed by atoms with E-state index in [4.69, 9.17) is 20.8 Å². The quantitative estimate of drug-likeness (QED) is 0.0907. The molecule has 2 N–H and O–H groups in total. The van der Waals surface area contributed by atoms with Gasteiger partial charge >= 0.3 is 0 Å². The smallest absolute Gasteiger partial charge is 0.264 e. The molecule has 0 bridgehead atoms. The number of halogens is 1. The molecule has 1 heterocycles. The molecule has 0 spiro atoms. The molecule has 5 atom stereocenters. The van der Waals surface area contributed by atoms with Crippen molar-refractivity contribution in [1.29, 1.82) is 0 Å². The van der Waals surface area contributed by atoms with Gasteiger partial charge in [-0.3, -0.25) is 4.79 Å². The molecule has 0 aromatic heterocycles. The van der Waals surface area contributed by atoms with Crippen LogP contribution in [0.2, 0.25) is 10.1 Å². The zero-order valence-electron chi connectivity index (χ0n) is 35.9. The fourth-order valence-corrected chi connectivity index (χ4v) is 15.7. The van der Waals surface area contributed by atoms with Gasteiger partial charge in [-0.05, 0) is 121 Å². The van der Waals surface area contributed by atoms with Gasteiger partial charge in [0.2, 0.25) is 10.0 Å². The van der Waals surface area contributed by atoms with Crippen molar-refractivity contribution < 1.29 is 27.5 Å². The van der Waals surface area contributed by atoms with E-state index in [0.29, 0.717) is 43.3 Å². The van der Waals surface area contributed by atoms with Crippen LogP contribution in [0.4, 0.5) is 5.69 Å². The van der Waals surface area contributed by atoms with E-state index >= 15 is 0 Å². The van der Waals surface area contributed by atoms with Crippen molar-refractivity contribution in [2.75, 3.05) is 18.0 Å². The number of aryl methyl sites for hydroxylation is 1. The van der Waals surface area contributed by atoms with Crippen molar-refractivity contribution in [3.63, 3.8) is 0 Å². The molecule has 1 aliphatic heterocycles. The Labute approximate surface area is 364 Å². The highest BCUT2D eigenvalue weighted by Crippen LogP contribution is 2.41. The van der Waals surface area contributed by atoms with E-state index in [0.717, 1.165) is 59.3 Å². The van der Waals surface area contributed by atoms with Crippen LogP contribution in [0, 0.1) is 11.8 Å². The molecule has 1 unspecified atom stereocenters. The van der Waals surface area contributed by atoms with Crippen molar-refractivity contribution in [1.82, 2.24) is 4.72 Å². The van der Waals surface area contributed by atoms with Crippen molar-refractivity contribution >= 4 is 51.9 Å².